The number of thiocarbonyl (C=S) groups is 1. The third-order valence-electron chi connectivity index (χ3n) is 11.4. The first-order valence-electron chi connectivity index (χ1n) is 20.3. The molecule has 2 N–H and O–H groups in total. The van der Waals surface area contributed by atoms with E-state index in [1.54, 1.807) is 22.0 Å². The minimum Gasteiger partial charge on any atom is -0.469 e. The highest BCUT2D eigenvalue weighted by Crippen LogP contribution is 2.45. The van der Waals surface area contributed by atoms with Gasteiger partial charge < -0.3 is 24.9 Å². The first-order valence-corrected chi connectivity index (χ1v) is 22.7. The molecule has 2 unspecified atom stereocenters. The van der Waals surface area contributed by atoms with Crippen LogP contribution in [0.5, 0.6) is 0 Å². The molecule has 3 aliphatic heterocycles. The Balaban J connectivity index is 0.979. The van der Waals surface area contributed by atoms with Crippen LogP contribution in [0.15, 0.2) is 173 Å². The zero-order chi connectivity index (χ0) is 42.5. The molecule has 13 heteroatoms. The summed E-state index contributed by atoms with van der Waals surface area (Å²) in [6.07, 6.45) is 0.321. The van der Waals surface area contributed by atoms with Gasteiger partial charge in [0.05, 0.1) is 12.3 Å². The molecule has 0 spiro atoms. The Labute approximate surface area is 374 Å². The molecule has 6 aromatic rings. The highest BCUT2D eigenvalue weighted by molar-refractivity contribution is 8.00. The van der Waals surface area contributed by atoms with Crippen LogP contribution in [0.2, 0.25) is 0 Å². The van der Waals surface area contributed by atoms with Crippen LogP contribution in [-0.2, 0) is 29.4 Å². The van der Waals surface area contributed by atoms with Crippen molar-refractivity contribution in [1.29, 1.82) is 0 Å². The number of nitrogens with one attached hydrogen (secondary N) is 2. The predicted octanol–water partition coefficient (Wildman–Crippen LogP) is 8.72. The van der Waals surface area contributed by atoms with Gasteiger partial charge in [-0.3, -0.25) is 14.5 Å². The van der Waals surface area contributed by atoms with Gasteiger partial charge in [-0.2, -0.15) is 0 Å². The lowest BCUT2D eigenvalue weighted by atomic mass is 9.77. The van der Waals surface area contributed by atoms with Crippen LogP contribution in [0.1, 0.15) is 46.0 Å². The van der Waals surface area contributed by atoms with Crippen LogP contribution in [0.25, 0.3) is 0 Å². The fourth-order valence-corrected chi connectivity index (χ4v) is 10.9. The molecule has 2 fully saturated rings. The zero-order valence-electron chi connectivity index (χ0n) is 33.8. The summed E-state index contributed by atoms with van der Waals surface area (Å²) in [5, 5.41) is 13.0. The summed E-state index contributed by atoms with van der Waals surface area (Å²) in [7, 11) is 1.38. The number of oxime groups is 1. The van der Waals surface area contributed by atoms with Crippen molar-refractivity contribution in [3.8, 4) is 0 Å². The SMILES string of the molecule is CO/N=C(\C(=O)NC1C(=O)N2C(C(=S)OC(c3ccccc3)c3ccccc3)=C(C3CCOC3)CS[C@H]12)c1csc(NC(c2ccccc2)(c2ccccc2)c2ccccc2)n1. The fourth-order valence-electron chi connectivity index (χ4n) is 8.39. The van der Waals surface area contributed by atoms with Gasteiger partial charge in [0, 0.05) is 23.7 Å². The van der Waals surface area contributed by atoms with Crippen LogP contribution >= 0.6 is 35.3 Å². The van der Waals surface area contributed by atoms with E-state index >= 15 is 0 Å². The molecule has 0 aliphatic carbocycles. The normalized spacial score (nSPS) is 18.8. The third kappa shape index (κ3) is 8.04. The number of thioether (sulfide) groups is 1. The summed E-state index contributed by atoms with van der Waals surface area (Å²) in [5.41, 5.74) is 5.92. The largest absolute Gasteiger partial charge is 0.469 e. The fraction of sp³-hybridized carbons (Fsp3) is 0.204. The molecule has 3 atom stereocenters. The Morgan fingerprint density at radius 2 is 1.40 bits per heavy atom. The van der Waals surface area contributed by atoms with Crippen molar-refractivity contribution >= 4 is 63.0 Å². The van der Waals surface area contributed by atoms with E-state index in [9.17, 15) is 9.59 Å². The van der Waals surface area contributed by atoms with Crippen LogP contribution in [-0.4, -0.2) is 70.0 Å². The molecular formula is C49H43N5O5S3. The number of benzene rings is 5. The number of aromatic nitrogens is 1. The molecule has 2 amide bonds. The maximum absolute atomic E-state index is 14.3. The summed E-state index contributed by atoms with van der Waals surface area (Å²) >= 11 is 9.05. The monoisotopic (exact) mass is 877 g/mol. The van der Waals surface area contributed by atoms with E-state index < -0.39 is 29.0 Å². The summed E-state index contributed by atoms with van der Waals surface area (Å²) in [6.45, 7) is 1.17. The molecule has 5 aromatic carbocycles. The van der Waals surface area contributed by atoms with Gasteiger partial charge in [-0.05, 0) is 52.0 Å². The topological polar surface area (TPSA) is 114 Å². The highest BCUT2D eigenvalue weighted by Gasteiger charge is 2.55. The van der Waals surface area contributed by atoms with Gasteiger partial charge in [0.15, 0.2) is 10.8 Å². The molecule has 0 radical (unpaired) electrons. The van der Waals surface area contributed by atoms with Crippen molar-refractivity contribution in [3.05, 3.63) is 202 Å². The van der Waals surface area contributed by atoms with Crippen molar-refractivity contribution in [2.75, 3.05) is 31.4 Å². The number of fused-ring (bicyclic) bond motifs is 1. The molecule has 62 heavy (non-hydrogen) atoms. The lowest BCUT2D eigenvalue weighted by Gasteiger charge is -2.51. The number of rotatable bonds is 14. The van der Waals surface area contributed by atoms with Crippen LogP contribution in [0, 0.1) is 5.92 Å². The number of carbonyl (C=O) groups is 2. The van der Waals surface area contributed by atoms with Crippen molar-refractivity contribution in [3.63, 3.8) is 0 Å². The lowest BCUT2D eigenvalue weighted by molar-refractivity contribution is -0.144. The number of nitrogens with zero attached hydrogens (tertiary/aromatic N) is 3. The minimum atomic E-state index is -0.856. The number of hydrogen-bond acceptors (Lipinski definition) is 11. The number of hydrogen-bond donors (Lipinski definition) is 2. The average molecular weight is 878 g/mol. The van der Waals surface area contributed by atoms with E-state index in [4.69, 9.17) is 31.5 Å². The maximum Gasteiger partial charge on any atom is 0.276 e. The minimum absolute atomic E-state index is 0.0550. The molecule has 9 rings (SSSR count). The smallest absolute Gasteiger partial charge is 0.276 e. The first-order chi connectivity index (χ1) is 30.5. The van der Waals surface area contributed by atoms with E-state index in [0.717, 1.165) is 39.8 Å². The highest BCUT2D eigenvalue weighted by atomic mass is 32.2. The van der Waals surface area contributed by atoms with Crippen LogP contribution < -0.4 is 10.6 Å². The summed E-state index contributed by atoms with van der Waals surface area (Å²) in [6, 6.07) is 49.6. The quantitative estimate of drug-likeness (QED) is 0.0365. The number of β-lactam (4-membered cyclic amide) rings is 1. The third-order valence-corrected chi connectivity index (χ3v) is 13.7. The molecule has 312 valence electrons. The van der Waals surface area contributed by atoms with Gasteiger partial charge in [0.1, 0.15) is 35.9 Å². The summed E-state index contributed by atoms with van der Waals surface area (Å²) < 4.78 is 12.5. The van der Waals surface area contributed by atoms with Gasteiger partial charge in [0.25, 0.3) is 11.8 Å². The standard InChI is InChI=1S/C49H43N5O5S3/c1-57-53-40(39-31-62-48(50-39)52-49(35-21-11-4-12-22-35,36-23-13-5-14-24-36)37-25-15-6-16-26-37)44(55)51-41-45(56)54-42(38(30-61-46(41)54)34-27-28-58-29-34)47(60)59-43(32-17-7-2-8-18-32)33-19-9-3-10-20-33/h2-26,31,34,41,43,46H,27-30H2,1H3,(H,50,52)(H,51,55)/b53-40-/t34?,41?,46-/m1/s1. The van der Waals surface area contributed by atoms with E-state index in [1.807, 2.05) is 115 Å². The number of carbonyl (C=O) groups excluding carboxylic acids is 2. The second-order valence-corrected chi connectivity index (χ2v) is 17.4. The predicted molar refractivity (Wildman–Crippen MR) is 248 cm³/mol. The number of amides is 2. The molecular weight excluding hydrogens is 835 g/mol. The molecule has 0 saturated carbocycles. The molecule has 3 aliphatic rings. The van der Waals surface area contributed by atoms with Gasteiger partial charge in [-0.15, -0.1) is 23.1 Å². The van der Waals surface area contributed by atoms with E-state index in [1.165, 1.54) is 18.4 Å². The van der Waals surface area contributed by atoms with Gasteiger partial charge in [-0.25, -0.2) is 4.98 Å². The zero-order valence-corrected chi connectivity index (χ0v) is 36.2. The molecule has 0 bridgehead atoms. The molecule has 1 aromatic heterocycles. The van der Waals surface area contributed by atoms with Gasteiger partial charge in [0.2, 0.25) is 5.05 Å². The molecule has 4 heterocycles. The number of anilines is 1. The van der Waals surface area contributed by atoms with Crippen molar-refractivity contribution in [2.45, 2.75) is 29.5 Å². The van der Waals surface area contributed by atoms with E-state index in [0.29, 0.717) is 35.5 Å². The van der Waals surface area contributed by atoms with Crippen LogP contribution in [0.4, 0.5) is 5.13 Å². The van der Waals surface area contributed by atoms with E-state index in [-0.39, 0.29) is 22.6 Å². The first kappa shape index (κ1) is 41.2. The Hall–Kier alpha value is -6.12. The van der Waals surface area contributed by atoms with Crippen molar-refractivity contribution < 1.29 is 23.9 Å². The van der Waals surface area contributed by atoms with Crippen molar-refractivity contribution in [1.82, 2.24) is 15.2 Å². The second-order valence-electron chi connectivity index (χ2n) is 15.0. The van der Waals surface area contributed by atoms with Crippen LogP contribution in [0.3, 0.4) is 0 Å². The van der Waals surface area contributed by atoms with Gasteiger partial charge >= 0.3 is 0 Å². The Bertz CT molecular complexity index is 2450. The lowest BCUT2D eigenvalue weighted by Crippen LogP contribution is -2.71. The molecule has 10 nitrogen and oxygen atoms in total. The number of thiazole rings is 1. The van der Waals surface area contributed by atoms with E-state index in [2.05, 4.69) is 52.2 Å². The van der Waals surface area contributed by atoms with Crippen molar-refractivity contribution in [2.24, 2.45) is 11.1 Å². The average Bonchev–Trinajstić information content (AvgIpc) is 4.05. The Morgan fingerprint density at radius 1 is 0.855 bits per heavy atom. The summed E-state index contributed by atoms with van der Waals surface area (Å²) in [5.74, 6) is -0.193. The number of ether oxygens (including phenoxy) is 2. The Morgan fingerprint density at radius 3 is 1.92 bits per heavy atom. The molecule has 2 saturated heterocycles. The second kappa shape index (κ2) is 18.5. The summed E-state index contributed by atoms with van der Waals surface area (Å²) in [4.78, 5) is 40.4. The maximum atomic E-state index is 14.3. The van der Waals surface area contributed by atoms with Gasteiger partial charge in [-0.1, -0.05) is 157 Å². The Kier molecular flexibility index (Phi) is 12.3.